The van der Waals surface area contributed by atoms with Crippen LogP contribution in [0, 0.1) is 6.92 Å². The van der Waals surface area contributed by atoms with Crippen LogP contribution in [-0.4, -0.2) is 12.9 Å². The monoisotopic (exact) mass is 291 g/mol. The number of thioether (sulfide) groups is 1. The lowest BCUT2D eigenvalue weighted by Crippen LogP contribution is -2.02. The molecule has 0 spiro atoms. The number of hydrogen-bond acceptors (Lipinski definition) is 4. The molecule has 1 aromatic carbocycles. The zero-order valence-corrected chi connectivity index (χ0v) is 13.0. The van der Waals surface area contributed by atoms with Crippen molar-refractivity contribution in [3.8, 4) is 5.75 Å². The molecule has 4 heteroatoms. The summed E-state index contributed by atoms with van der Waals surface area (Å²) in [4.78, 5) is 0. The molecular weight excluding hydrogens is 270 g/mol. The van der Waals surface area contributed by atoms with Gasteiger partial charge in [0.25, 0.3) is 0 Å². The maximum atomic E-state index is 5.75. The van der Waals surface area contributed by atoms with Crippen molar-refractivity contribution < 1.29 is 9.15 Å². The van der Waals surface area contributed by atoms with Gasteiger partial charge in [-0.3, -0.25) is 0 Å². The first kappa shape index (κ1) is 14.9. The molecule has 1 N–H and O–H groups in total. The van der Waals surface area contributed by atoms with E-state index in [2.05, 4.69) is 24.6 Å². The van der Waals surface area contributed by atoms with Gasteiger partial charge in [0.15, 0.2) is 0 Å². The highest BCUT2D eigenvalue weighted by atomic mass is 32.2. The number of ether oxygens (including phenoxy) is 1. The summed E-state index contributed by atoms with van der Waals surface area (Å²) in [6.07, 6.45) is 2.07. The summed E-state index contributed by atoms with van der Waals surface area (Å²) in [5.74, 6) is 3.76. The highest BCUT2D eigenvalue weighted by Gasteiger charge is 2.06. The minimum absolute atomic E-state index is 0.663. The molecule has 0 fully saturated rings. The van der Waals surface area contributed by atoms with Crippen LogP contribution in [-0.2, 0) is 12.3 Å². The van der Waals surface area contributed by atoms with E-state index < -0.39 is 0 Å². The Morgan fingerprint density at radius 3 is 2.75 bits per heavy atom. The lowest BCUT2D eigenvalue weighted by Gasteiger charge is -2.12. The van der Waals surface area contributed by atoms with E-state index in [1.54, 1.807) is 11.8 Å². The van der Waals surface area contributed by atoms with Crippen molar-refractivity contribution in [2.75, 3.05) is 18.2 Å². The smallest absolute Gasteiger partial charge is 0.142 e. The molecule has 0 saturated carbocycles. The van der Waals surface area contributed by atoms with E-state index in [0.29, 0.717) is 13.2 Å². The van der Waals surface area contributed by atoms with Gasteiger partial charge in [0.05, 0.1) is 24.6 Å². The molecule has 0 saturated heterocycles. The van der Waals surface area contributed by atoms with Gasteiger partial charge in [-0.25, -0.2) is 0 Å². The van der Waals surface area contributed by atoms with E-state index in [0.717, 1.165) is 28.7 Å². The minimum Gasteiger partial charge on any atom is -0.492 e. The van der Waals surface area contributed by atoms with E-state index >= 15 is 0 Å². The molecule has 0 unspecified atom stereocenters. The second kappa shape index (κ2) is 7.29. The third kappa shape index (κ3) is 3.97. The Bertz CT molecular complexity index is 551. The van der Waals surface area contributed by atoms with Crippen LogP contribution in [0.5, 0.6) is 5.75 Å². The van der Waals surface area contributed by atoms with Gasteiger partial charge in [-0.2, -0.15) is 11.8 Å². The van der Waals surface area contributed by atoms with E-state index in [-0.39, 0.29) is 0 Å². The zero-order valence-electron chi connectivity index (χ0n) is 12.2. The molecule has 1 aromatic heterocycles. The Morgan fingerprint density at radius 1 is 1.20 bits per heavy atom. The Morgan fingerprint density at radius 2 is 2.00 bits per heavy atom. The third-order valence-electron chi connectivity index (χ3n) is 2.89. The van der Waals surface area contributed by atoms with Crippen LogP contribution in [0.2, 0.25) is 0 Å². The predicted molar refractivity (Wildman–Crippen MR) is 85.6 cm³/mol. The first-order valence-electron chi connectivity index (χ1n) is 6.76. The molecule has 0 amide bonds. The number of rotatable bonds is 7. The average molecular weight is 291 g/mol. The fraction of sp³-hybridized carbons (Fsp3) is 0.375. The molecule has 0 aliphatic heterocycles. The van der Waals surface area contributed by atoms with E-state index in [9.17, 15) is 0 Å². The second-order valence-corrected chi connectivity index (χ2v) is 5.45. The molecule has 0 aliphatic rings. The van der Waals surface area contributed by atoms with Crippen LogP contribution in [0.4, 0.5) is 5.69 Å². The van der Waals surface area contributed by atoms with Crippen LogP contribution in [0.3, 0.4) is 0 Å². The van der Waals surface area contributed by atoms with Crippen LogP contribution < -0.4 is 10.1 Å². The lowest BCUT2D eigenvalue weighted by molar-refractivity contribution is 0.341. The van der Waals surface area contributed by atoms with Gasteiger partial charge < -0.3 is 14.5 Å². The number of hydrogen-bond donors (Lipinski definition) is 1. The van der Waals surface area contributed by atoms with Gasteiger partial charge in [0.1, 0.15) is 17.3 Å². The van der Waals surface area contributed by atoms with Gasteiger partial charge in [0.2, 0.25) is 0 Å². The van der Waals surface area contributed by atoms with Crippen molar-refractivity contribution >= 4 is 17.4 Å². The standard InChI is InChI=1S/C16H21NO2S/c1-4-18-16-9-12(2)5-8-15(16)17-10-13-6-7-14(19-13)11-20-3/h5-9,17H,4,10-11H2,1-3H3. The number of nitrogens with one attached hydrogen (secondary N) is 1. The Kier molecular flexibility index (Phi) is 5.41. The molecule has 2 aromatic rings. The van der Waals surface area contributed by atoms with Gasteiger partial charge in [-0.15, -0.1) is 0 Å². The summed E-state index contributed by atoms with van der Waals surface area (Å²) < 4.78 is 11.4. The molecule has 0 bridgehead atoms. The summed E-state index contributed by atoms with van der Waals surface area (Å²) in [6, 6.07) is 10.2. The molecule has 0 aliphatic carbocycles. The van der Waals surface area contributed by atoms with E-state index in [1.807, 2.05) is 31.2 Å². The molecule has 20 heavy (non-hydrogen) atoms. The normalized spacial score (nSPS) is 10.6. The van der Waals surface area contributed by atoms with Gasteiger partial charge in [-0.05, 0) is 49.9 Å². The predicted octanol–water partition coefficient (Wildman–Crippen LogP) is 4.46. The van der Waals surface area contributed by atoms with E-state index in [1.165, 1.54) is 5.56 Å². The average Bonchev–Trinajstić information content (AvgIpc) is 2.86. The van der Waals surface area contributed by atoms with Crippen molar-refractivity contribution in [2.24, 2.45) is 0 Å². The molecular formula is C16H21NO2S. The Balaban J connectivity index is 2.02. The van der Waals surface area contributed by atoms with Crippen LogP contribution in [0.1, 0.15) is 24.0 Å². The van der Waals surface area contributed by atoms with Crippen LogP contribution in [0.25, 0.3) is 0 Å². The topological polar surface area (TPSA) is 34.4 Å². The number of furan rings is 1. The third-order valence-corrected chi connectivity index (χ3v) is 3.47. The van der Waals surface area contributed by atoms with Crippen molar-refractivity contribution in [2.45, 2.75) is 26.1 Å². The number of benzene rings is 1. The van der Waals surface area contributed by atoms with Gasteiger partial charge in [0, 0.05) is 0 Å². The van der Waals surface area contributed by atoms with Crippen LogP contribution >= 0.6 is 11.8 Å². The summed E-state index contributed by atoms with van der Waals surface area (Å²) in [5, 5.41) is 3.37. The van der Waals surface area contributed by atoms with E-state index in [4.69, 9.17) is 9.15 Å². The highest BCUT2D eigenvalue weighted by molar-refractivity contribution is 7.97. The fourth-order valence-corrected chi connectivity index (χ4v) is 2.41. The maximum absolute atomic E-state index is 5.75. The fourth-order valence-electron chi connectivity index (χ4n) is 1.97. The first-order chi connectivity index (χ1) is 9.72. The number of aryl methyl sites for hydroxylation is 1. The molecule has 1 heterocycles. The molecule has 0 atom stereocenters. The summed E-state index contributed by atoms with van der Waals surface area (Å²) in [5.41, 5.74) is 2.19. The van der Waals surface area contributed by atoms with Crippen molar-refractivity contribution in [1.82, 2.24) is 0 Å². The van der Waals surface area contributed by atoms with Gasteiger partial charge in [-0.1, -0.05) is 6.07 Å². The molecule has 108 valence electrons. The first-order valence-corrected chi connectivity index (χ1v) is 8.16. The highest BCUT2D eigenvalue weighted by Crippen LogP contribution is 2.26. The van der Waals surface area contributed by atoms with Crippen molar-refractivity contribution in [1.29, 1.82) is 0 Å². The van der Waals surface area contributed by atoms with Crippen molar-refractivity contribution in [3.63, 3.8) is 0 Å². The number of anilines is 1. The summed E-state index contributed by atoms with van der Waals surface area (Å²) in [7, 11) is 0. The Hall–Kier alpha value is -1.55. The molecule has 2 rings (SSSR count). The molecule has 0 radical (unpaired) electrons. The maximum Gasteiger partial charge on any atom is 0.142 e. The van der Waals surface area contributed by atoms with Crippen molar-refractivity contribution in [3.05, 3.63) is 47.4 Å². The zero-order chi connectivity index (χ0) is 14.4. The molecule has 3 nitrogen and oxygen atoms in total. The van der Waals surface area contributed by atoms with Crippen LogP contribution in [0.15, 0.2) is 34.7 Å². The SMILES string of the molecule is CCOc1cc(C)ccc1NCc1ccc(CSC)o1. The Labute approximate surface area is 124 Å². The van der Waals surface area contributed by atoms with Gasteiger partial charge >= 0.3 is 0 Å². The lowest BCUT2D eigenvalue weighted by atomic mass is 10.2. The summed E-state index contributed by atoms with van der Waals surface area (Å²) in [6.45, 7) is 5.38. The minimum atomic E-state index is 0.663. The largest absolute Gasteiger partial charge is 0.492 e. The quantitative estimate of drug-likeness (QED) is 0.816. The summed E-state index contributed by atoms with van der Waals surface area (Å²) >= 11 is 1.76. The second-order valence-electron chi connectivity index (χ2n) is 4.59.